The summed E-state index contributed by atoms with van der Waals surface area (Å²) in [6.45, 7) is 7.96. The van der Waals surface area contributed by atoms with E-state index in [-0.39, 0.29) is 0 Å². The average Bonchev–Trinajstić information content (AvgIpc) is 2.88. The van der Waals surface area contributed by atoms with E-state index in [1.807, 2.05) is 0 Å². The third-order valence-corrected chi connectivity index (χ3v) is 5.84. The fourth-order valence-corrected chi connectivity index (χ4v) is 4.43. The summed E-state index contributed by atoms with van der Waals surface area (Å²) in [7, 11) is 0. The zero-order chi connectivity index (χ0) is 14.3. The molecule has 2 aliphatic rings. The normalized spacial score (nSPS) is 26.9. The molecular weight excluding hydrogens is 336 g/mol. The van der Waals surface area contributed by atoms with Gasteiger partial charge in [0.1, 0.15) is 0 Å². The highest BCUT2D eigenvalue weighted by molar-refractivity contribution is 9.10. The van der Waals surface area contributed by atoms with Gasteiger partial charge in [0.2, 0.25) is 0 Å². The van der Waals surface area contributed by atoms with Gasteiger partial charge in [-0.2, -0.15) is 0 Å². The van der Waals surface area contributed by atoms with Crippen molar-refractivity contribution in [2.45, 2.75) is 45.2 Å². The fraction of sp³-hybridized carbons (Fsp3) is 0.625. The number of nitrogens with zero attached hydrogens (tertiary/aromatic N) is 2. The summed E-state index contributed by atoms with van der Waals surface area (Å²) in [6, 6.07) is 5.60. The van der Waals surface area contributed by atoms with Crippen molar-refractivity contribution in [1.82, 2.24) is 4.90 Å². The van der Waals surface area contributed by atoms with Crippen molar-refractivity contribution >= 4 is 33.2 Å². The maximum atomic E-state index is 6.35. The van der Waals surface area contributed by atoms with Gasteiger partial charge in [0.25, 0.3) is 0 Å². The smallest absolute Gasteiger partial charge is 0.0529 e. The van der Waals surface area contributed by atoms with E-state index in [2.05, 4.69) is 51.7 Å². The summed E-state index contributed by atoms with van der Waals surface area (Å²) < 4.78 is 1.17. The topological polar surface area (TPSA) is 6.48 Å². The summed E-state index contributed by atoms with van der Waals surface area (Å²) >= 11 is 10.1. The quantitative estimate of drug-likeness (QED) is 0.770. The van der Waals surface area contributed by atoms with Gasteiger partial charge in [-0.05, 0) is 66.4 Å². The van der Waals surface area contributed by atoms with Gasteiger partial charge in [-0.3, -0.25) is 4.90 Å². The molecule has 2 nitrogen and oxygen atoms in total. The third-order valence-electron chi connectivity index (χ3n) is 4.80. The lowest BCUT2D eigenvalue weighted by atomic mass is 10.0. The van der Waals surface area contributed by atoms with Crippen molar-refractivity contribution < 1.29 is 0 Å². The van der Waals surface area contributed by atoms with E-state index >= 15 is 0 Å². The second-order valence-electron chi connectivity index (χ2n) is 6.06. The second-order valence-corrected chi connectivity index (χ2v) is 7.32. The lowest BCUT2D eigenvalue weighted by molar-refractivity contribution is 0.194. The monoisotopic (exact) mass is 356 g/mol. The van der Waals surface area contributed by atoms with Crippen LogP contribution in [0.2, 0.25) is 5.02 Å². The van der Waals surface area contributed by atoms with E-state index in [1.54, 1.807) is 0 Å². The first-order valence-corrected chi connectivity index (χ1v) is 8.73. The van der Waals surface area contributed by atoms with Crippen molar-refractivity contribution in [3.05, 3.63) is 27.2 Å². The van der Waals surface area contributed by atoms with Crippen LogP contribution in [0.3, 0.4) is 0 Å². The lowest BCUT2D eigenvalue weighted by Gasteiger charge is -2.45. The van der Waals surface area contributed by atoms with Crippen LogP contribution in [0, 0.1) is 6.92 Å². The Balaban J connectivity index is 1.92. The van der Waals surface area contributed by atoms with Gasteiger partial charge < -0.3 is 4.90 Å². The number of aryl methyl sites for hydroxylation is 1. The molecule has 3 rings (SSSR count). The van der Waals surface area contributed by atoms with Crippen LogP contribution in [0.1, 0.15) is 31.7 Å². The predicted molar refractivity (Wildman–Crippen MR) is 89.9 cm³/mol. The highest BCUT2D eigenvalue weighted by Crippen LogP contribution is 2.36. The van der Waals surface area contributed by atoms with E-state index in [0.717, 1.165) is 23.2 Å². The number of piperazine rings is 1. The molecule has 0 aromatic heterocycles. The minimum absolute atomic E-state index is 0.597. The molecule has 0 spiro atoms. The molecule has 4 heteroatoms. The molecular formula is C16H22BrClN2. The first kappa shape index (κ1) is 14.7. The SMILES string of the molecule is CCC1CN2CCCC2CN1c1cc(Cl)c(C)cc1Br. The van der Waals surface area contributed by atoms with Gasteiger partial charge in [-0.1, -0.05) is 18.5 Å². The Labute approximate surface area is 135 Å². The molecule has 0 N–H and O–H groups in total. The van der Waals surface area contributed by atoms with Crippen molar-refractivity contribution in [1.29, 1.82) is 0 Å². The summed E-state index contributed by atoms with van der Waals surface area (Å²) in [5.41, 5.74) is 2.40. The second kappa shape index (κ2) is 5.86. The summed E-state index contributed by atoms with van der Waals surface area (Å²) in [5, 5.41) is 0.868. The zero-order valence-corrected chi connectivity index (χ0v) is 14.5. The van der Waals surface area contributed by atoms with Crippen LogP contribution in [0.15, 0.2) is 16.6 Å². The molecule has 1 aromatic carbocycles. The van der Waals surface area contributed by atoms with Gasteiger partial charge in [0.15, 0.2) is 0 Å². The number of anilines is 1. The highest BCUT2D eigenvalue weighted by atomic mass is 79.9. The maximum Gasteiger partial charge on any atom is 0.0529 e. The maximum absolute atomic E-state index is 6.35. The molecule has 2 saturated heterocycles. The van der Waals surface area contributed by atoms with Crippen LogP contribution in [0.5, 0.6) is 0 Å². The number of fused-ring (bicyclic) bond motifs is 1. The van der Waals surface area contributed by atoms with Crippen LogP contribution >= 0.6 is 27.5 Å². The highest BCUT2D eigenvalue weighted by Gasteiger charge is 2.36. The molecule has 2 unspecified atom stereocenters. The van der Waals surface area contributed by atoms with Crippen LogP contribution in [0.4, 0.5) is 5.69 Å². The molecule has 0 saturated carbocycles. The van der Waals surface area contributed by atoms with Crippen LogP contribution in [-0.2, 0) is 0 Å². The van der Waals surface area contributed by atoms with Crippen molar-refractivity contribution in [3.8, 4) is 0 Å². The number of hydrogen-bond acceptors (Lipinski definition) is 2. The van der Waals surface area contributed by atoms with Gasteiger partial charge >= 0.3 is 0 Å². The first-order chi connectivity index (χ1) is 9.60. The molecule has 1 aromatic rings. The molecule has 20 heavy (non-hydrogen) atoms. The van der Waals surface area contributed by atoms with Crippen LogP contribution < -0.4 is 4.90 Å². The molecule has 0 bridgehead atoms. The summed E-state index contributed by atoms with van der Waals surface area (Å²) in [5.74, 6) is 0. The third kappa shape index (κ3) is 2.60. The zero-order valence-electron chi connectivity index (χ0n) is 12.2. The Kier molecular flexibility index (Phi) is 4.30. The van der Waals surface area contributed by atoms with Gasteiger partial charge in [0.05, 0.1) is 5.69 Å². The number of halogens is 2. The summed E-state index contributed by atoms with van der Waals surface area (Å²) in [4.78, 5) is 5.25. The number of hydrogen-bond donors (Lipinski definition) is 0. The molecule has 2 fully saturated rings. The molecule has 2 aliphatic heterocycles. The Hall–Kier alpha value is -0.250. The van der Waals surface area contributed by atoms with Crippen molar-refractivity contribution in [3.63, 3.8) is 0 Å². The fourth-order valence-electron chi connectivity index (χ4n) is 3.59. The minimum Gasteiger partial charge on any atom is -0.365 e. The van der Waals surface area contributed by atoms with Gasteiger partial charge in [-0.15, -0.1) is 0 Å². The molecule has 0 amide bonds. The number of benzene rings is 1. The Morgan fingerprint density at radius 1 is 1.35 bits per heavy atom. The van der Waals surface area contributed by atoms with Crippen molar-refractivity contribution in [2.75, 3.05) is 24.5 Å². The first-order valence-electron chi connectivity index (χ1n) is 7.56. The van der Waals surface area contributed by atoms with E-state index in [4.69, 9.17) is 11.6 Å². The molecule has 2 heterocycles. The van der Waals surface area contributed by atoms with Crippen LogP contribution in [0.25, 0.3) is 0 Å². The number of rotatable bonds is 2. The van der Waals surface area contributed by atoms with E-state index < -0.39 is 0 Å². The average molecular weight is 358 g/mol. The molecule has 2 atom stereocenters. The summed E-state index contributed by atoms with van der Waals surface area (Å²) in [6.07, 6.45) is 3.87. The molecule has 0 aliphatic carbocycles. The van der Waals surface area contributed by atoms with Crippen LogP contribution in [-0.4, -0.2) is 36.6 Å². The standard InChI is InChI=1S/C16H22BrClN2/c1-3-12-9-19-6-4-5-13(19)10-20(12)16-8-15(18)11(2)7-14(16)17/h7-8,12-13H,3-6,9-10H2,1-2H3. The van der Waals surface area contributed by atoms with E-state index in [0.29, 0.717) is 6.04 Å². The van der Waals surface area contributed by atoms with E-state index in [1.165, 1.54) is 42.5 Å². The van der Waals surface area contributed by atoms with Gasteiger partial charge in [0, 0.05) is 34.7 Å². The Bertz CT molecular complexity index is 505. The largest absolute Gasteiger partial charge is 0.365 e. The molecule has 0 radical (unpaired) electrons. The van der Waals surface area contributed by atoms with E-state index in [9.17, 15) is 0 Å². The van der Waals surface area contributed by atoms with Gasteiger partial charge in [-0.25, -0.2) is 0 Å². The minimum atomic E-state index is 0.597. The Morgan fingerprint density at radius 2 is 2.15 bits per heavy atom. The van der Waals surface area contributed by atoms with Crippen molar-refractivity contribution in [2.24, 2.45) is 0 Å². The molecule has 110 valence electrons. The Morgan fingerprint density at radius 3 is 2.90 bits per heavy atom. The lowest BCUT2D eigenvalue weighted by Crippen LogP contribution is -2.56. The predicted octanol–water partition coefficient (Wildman–Crippen LogP) is 4.47.